The highest BCUT2D eigenvalue weighted by Gasteiger charge is 2.24. The van der Waals surface area contributed by atoms with Gasteiger partial charge in [-0.2, -0.15) is 0 Å². The fourth-order valence-electron chi connectivity index (χ4n) is 4.81. The Labute approximate surface area is 239 Å². The molecule has 0 aliphatic rings. The van der Waals surface area contributed by atoms with Crippen LogP contribution in [0.2, 0.25) is 0 Å². The standard InChI is InChI=1S/C36H29N3O2/c1-2-23-41-33-29(25-15-7-3-8-16-25)24-30(32(40)31(33)26-17-9-4-10-18-26)36-38-34(27-19-11-5-12-20-27)37-35(39-36)28-21-13-6-14-22-28/h3-22,24,40H,2,23H2,1H3. The number of phenolic OH excluding ortho intramolecular Hbond substituents is 1. The van der Waals surface area contributed by atoms with E-state index in [0.717, 1.165) is 34.2 Å². The number of rotatable bonds is 8. The molecule has 0 radical (unpaired) electrons. The molecule has 0 aliphatic carbocycles. The van der Waals surface area contributed by atoms with E-state index < -0.39 is 0 Å². The zero-order valence-corrected chi connectivity index (χ0v) is 22.7. The molecule has 0 bridgehead atoms. The number of aromatic hydroxyl groups is 1. The minimum Gasteiger partial charge on any atom is -0.506 e. The third-order valence-electron chi connectivity index (χ3n) is 6.79. The number of aromatic nitrogens is 3. The minimum atomic E-state index is 0.0613. The average Bonchev–Trinajstić information content (AvgIpc) is 3.05. The molecule has 0 saturated heterocycles. The van der Waals surface area contributed by atoms with Gasteiger partial charge < -0.3 is 9.84 Å². The van der Waals surface area contributed by atoms with Gasteiger partial charge in [-0.05, 0) is 23.6 Å². The van der Waals surface area contributed by atoms with Crippen LogP contribution in [0.15, 0.2) is 127 Å². The van der Waals surface area contributed by atoms with E-state index in [9.17, 15) is 5.11 Å². The van der Waals surface area contributed by atoms with Gasteiger partial charge in [-0.15, -0.1) is 0 Å². The maximum Gasteiger partial charge on any atom is 0.167 e. The lowest BCUT2D eigenvalue weighted by molar-refractivity contribution is 0.318. The van der Waals surface area contributed by atoms with E-state index in [0.29, 0.717) is 41.0 Å². The van der Waals surface area contributed by atoms with Crippen LogP contribution in [0.25, 0.3) is 56.4 Å². The van der Waals surface area contributed by atoms with Gasteiger partial charge in [0.2, 0.25) is 0 Å². The molecule has 0 saturated carbocycles. The summed E-state index contributed by atoms with van der Waals surface area (Å²) in [5.41, 5.74) is 5.51. The molecule has 0 unspecified atom stereocenters. The number of hydrogen-bond donors (Lipinski definition) is 1. The molecule has 1 aromatic heterocycles. The molecule has 5 nitrogen and oxygen atoms in total. The van der Waals surface area contributed by atoms with Crippen molar-refractivity contribution in [1.82, 2.24) is 15.0 Å². The molecule has 0 amide bonds. The van der Waals surface area contributed by atoms with E-state index in [1.54, 1.807) is 0 Å². The predicted molar refractivity (Wildman–Crippen MR) is 164 cm³/mol. The second-order valence-electron chi connectivity index (χ2n) is 9.64. The van der Waals surface area contributed by atoms with Crippen molar-refractivity contribution >= 4 is 0 Å². The van der Waals surface area contributed by atoms with Crippen molar-refractivity contribution in [2.45, 2.75) is 13.3 Å². The van der Waals surface area contributed by atoms with Crippen molar-refractivity contribution in [2.75, 3.05) is 6.61 Å². The van der Waals surface area contributed by atoms with Crippen LogP contribution in [0.1, 0.15) is 13.3 Å². The van der Waals surface area contributed by atoms with Gasteiger partial charge >= 0.3 is 0 Å². The molecule has 1 N–H and O–H groups in total. The summed E-state index contributed by atoms with van der Waals surface area (Å²) in [4.78, 5) is 14.6. The van der Waals surface area contributed by atoms with E-state index >= 15 is 0 Å². The van der Waals surface area contributed by atoms with Crippen LogP contribution < -0.4 is 4.74 Å². The van der Waals surface area contributed by atoms with Gasteiger partial charge in [-0.1, -0.05) is 128 Å². The summed E-state index contributed by atoms with van der Waals surface area (Å²) < 4.78 is 6.37. The quantitative estimate of drug-likeness (QED) is 0.211. The van der Waals surface area contributed by atoms with Crippen molar-refractivity contribution < 1.29 is 9.84 Å². The molecule has 5 aromatic carbocycles. The third-order valence-corrected chi connectivity index (χ3v) is 6.79. The van der Waals surface area contributed by atoms with Crippen LogP contribution in [0, 0.1) is 0 Å². The summed E-state index contributed by atoms with van der Waals surface area (Å²) in [7, 11) is 0. The normalized spacial score (nSPS) is 10.9. The first-order chi connectivity index (χ1) is 20.2. The second kappa shape index (κ2) is 11.8. The monoisotopic (exact) mass is 535 g/mol. The van der Waals surface area contributed by atoms with Crippen LogP contribution in [-0.2, 0) is 0 Å². The van der Waals surface area contributed by atoms with Gasteiger partial charge in [0.05, 0.1) is 17.7 Å². The van der Waals surface area contributed by atoms with Crippen molar-refractivity contribution in [3.8, 4) is 67.9 Å². The topological polar surface area (TPSA) is 68.1 Å². The second-order valence-corrected chi connectivity index (χ2v) is 9.64. The molecule has 1 heterocycles. The maximum atomic E-state index is 12.0. The Hall–Kier alpha value is -5.29. The van der Waals surface area contributed by atoms with Crippen LogP contribution in [-0.4, -0.2) is 26.7 Å². The number of ether oxygens (including phenoxy) is 1. The molecular weight excluding hydrogens is 506 g/mol. The summed E-state index contributed by atoms with van der Waals surface area (Å²) >= 11 is 0. The highest BCUT2D eigenvalue weighted by atomic mass is 16.5. The van der Waals surface area contributed by atoms with Crippen LogP contribution in [0.3, 0.4) is 0 Å². The fraction of sp³-hybridized carbons (Fsp3) is 0.0833. The van der Waals surface area contributed by atoms with Crippen LogP contribution in [0.5, 0.6) is 11.5 Å². The molecule has 6 aromatic rings. The Bertz CT molecular complexity index is 1700. The Balaban J connectivity index is 1.67. The van der Waals surface area contributed by atoms with Gasteiger partial charge in [0.1, 0.15) is 11.5 Å². The summed E-state index contributed by atoms with van der Waals surface area (Å²) in [6.07, 6.45) is 0.833. The largest absolute Gasteiger partial charge is 0.506 e. The summed E-state index contributed by atoms with van der Waals surface area (Å²) in [5.74, 6) is 2.13. The Morgan fingerprint density at radius 2 is 0.976 bits per heavy atom. The molecule has 200 valence electrons. The molecule has 0 aliphatic heterocycles. The highest BCUT2D eigenvalue weighted by Crippen LogP contribution is 2.49. The molecule has 6 rings (SSSR count). The van der Waals surface area contributed by atoms with E-state index in [1.165, 1.54) is 0 Å². The smallest absolute Gasteiger partial charge is 0.167 e. The summed E-state index contributed by atoms with van der Waals surface area (Å²) in [5, 5.41) is 12.0. The first-order valence-corrected chi connectivity index (χ1v) is 13.7. The summed E-state index contributed by atoms with van der Waals surface area (Å²) in [6, 6.07) is 41.5. The van der Waals surface area contributed by atoms with Crippen molar-refractivity contribution in [1.29, 1.82) is 0 Å². The van der Waals surface area contributed by atoms with Crippen molar-refractivity contribution in [3.63, 3.8) is 0 Å². The summed E-state index contributed by atoms with van der Waals surface area (Å²) in [6.45, 7) is 2.58. The lowest BCUT2D eigenvalue weighted by Crippen LogP contribution is -2.03. The first kappa shape index (κ1) is 26.0. The van der Waals surface area contributed by atoms with Gasteiger partial charge in [0.15, 0.2) is 17.5 Å². The number of hydrogen-bond acceptors (Lipinski definition) is 5. The molecule has 5 heteroatoms. The molecule has 0 fully saturated rings. The van der Waals surface area contributed by atoms with E-state index in [1.807, 2.05) is 127 Å². The van der Waals surface area contributed by atoms with E-state index in [2.05, 4.69) is 6.92 Å². The first-order valence-electron chi connectivity index (χ1n) is 13.7. The van der Waals surface area contributed by atoms with Crippen molar-refractivity contribution in [2.24, 2.45) is 0 Å². The zero-order valence-electron chi connectivity index (χ0n) is 22.7. The van der Waals surface area contributed by atoms with E-state index in [4.69, 9.17) is 19.7 Å². The van der Waals surface area contributed by atoms with Gasteiger partial charge in [-0.25, -0.2) is 15.0 Å². The lowest BCUT2D eigenvalue weighted by Gasteiger charge is -2.20. The highest BCUT2D eigenvalue weighted by molar-refractivity contribution is 5.93. The predicted octanol–water partition coefficient (Wildman–Crippen LogP) is 8.70. The molecule has 41 heavy (non-hydrogen) atoms. The molecule has 0 spiro atoms. The average molecular weight is 536 g/mol. The van der Waals surface area contributed by atoms with Crippen LogP contribution in [0.4, 0.5) is 0 Å². The minimum absolute atomic E-state index is 0.0613. The van der Waals surface area contributed by atoms with Gasteiger partial charge in [0.25, 0.3) is 0 Å². The third kappa shape index (κ3) is 5.43. The Morgan fingerprint density at radius 1 is 0.537 bits per heavy atom. The SMILES string of the molecule is CCCOc1c(-c2ccccc2)cc(-c2nc(-c3ccccc3)nc(-c3ccccc3)n2)c(O)c1-c1ccccc1. The molecular formula is C36H29N3O2. The Kier molecular flexibility index (Phi) is 7.50. The molecule has 0 atom stereocenters. The number of benzene rings is 5. The van der Waals surface area contributed by atoms with E-state index in [-0.39, 0.29) is 5.75 Å². The number of nitrogens with zero attached hydrogens (tertiary/aromatic N) is 3. The van der Waals surface area contributed by atoms with Crippen LogP contribution >= 0.6 is 0 Å². The van der Waals surface area contributed by atoms with Crippen molar-refractivity contribution in [3.05, 3.63) is 127 Å². The van der Waals surface area contributed by atoms with Gasteiger partial charge in [0, 0.05) is 16.7 Å². The lowest BCUT2D eigenvalue weighted by atomic mass is 9.92. The van der Waals surface area contributed by atoms with Gasteiger partial charge in [-0.3, -0.25) is 0 Å². The zero-order chi connectivity index (χ0) is 28.0. The fourth-order valence-corrected chi connectivity index (χ4v) is 4.81. The Morgan fingerprint density at radius 3 is 1.46 bits per heavy atom. The number of phenols is 1. The maximum absolute atomic E-state index is 12.0.